The highest BCUT2D eigenvalue weighted by Crippen LogP contribution is 2.29. The van der Waals surface area contributed by atoms with E-state index in [0.717, 1.165) is 23.4 Å². The molecule has 1 heterocycles. The molecular weight excluding hydrogens is 254 g/mol. The van der Waals surface area contributed by atoms with Gasteiger partial charge in [0.05, 0.1) is 0 Å². The number of nitrogens with zero attached hydrogens (tertiary/aromatic N) is 1. The van der Waals surface area contributed by atoms with Gasteiger partial charge < -0.3 is 5.73 Å². The van der Waals surface area contributed by atoms with Gasteiger partial charge in [0.1, 0.15) is 16.7 Å². The van der Waals surface area contributed by atoms with E-state index in [1.807, 2.05) is 13.0 Å². The zero-order valence-electron chi connectivity index (χ0n) is 9.73. The van der Waals surface area contributed by atoms with Crippen LogP contribution in [0.25, 0.3) is 0 Å². The minimum Gasteiger partial charge on any atom is -0.324 e. The summed E-state index contributed by atoms with van der Waals surface area (Å²) in [4.78, 5) is 4.47. The Labute approximate surface area is 108 Å². The van der Waals surface area contributed by atoms with Crippen molar-refractivity contribution in [2.75, 3.05) is 0 Å². The average Bonchev–Trinajstić information content (AvgIpc) is 2.33. The number of rotatable bonds is 3. The number of pyridine rings is 1. The first-order valence-corrected chi connectivity index (χ1v) is 6.22. The molecule has 0 bridgehead atoms. The molecule has 0 aliphatic carbocycles. The van der Waals surface area contributed by atoms with Gasteiger partial charge >= 0.3 is 0 Å². The van der Waals surface area contributed by atoms with Crippen LogP contribution >= 0.6 is 11.8 Å². The molecule has 18 heavy (non-hydrogen) atoms. The summed E-state index contributed by atoms with van der Waals surface area (Å²) in [6.07, 6.45) is 1.63. The molecule has 0 radical (unpaired) electrons. The number of hydrogen-bond donors (Lipinski definition) is 1. The van der Waals surface area contributed by atoms with Crippen molar-refractivity contribution in [3.63, 3.8) is 0 Å². The number of nitrogens with two attached hydrogens (primary N) is 1. The highest BCUT2D eigenvalue weighted by molar-refractivity contribution is 7.99. The second-order valence-corrected chi connectivity index (χ2v) is 4.96. The first kappa shape index (κ1) is 13.0. The molecule has 0 aliphatic heterocycles. The summed E-state index contributed by atoms with van der Waals surface area (Å²) < 4.78 is 26.3. The first-order chi connectivity index (χ1) is 8.56. The van der Waals surface area contributed by atoms with Gasteiger partial charge in [-0.2, -0.15) is 0 Å². The van der Waals surface area contributed by atoms with Gasteiger partial charge in [-0.3, -0.25) is 0 Å². The third kappa shape index (κ3) is 3.05. The van der Waals surface area contributed by atoms with Crippen LogP contribution in [0, 0.1) is 11.6 Å². The fraction of sp³-hybridized carbons (Fsp3) is 0.154. The van der Waals surface area contributed by atoms with Gasteiger partial charge in [0.25, 0.3) is 0 Å². The second kappa shape index (κ2) is 5.46. The molecule has 0 aliphatic rings. The molecule has 0 amide bonds. The van der Waals surface area contributed by atoms with Crippen molar-refractivity contribution in [3.05, 3.63) is 53.7 Å². The molecule has 5 heteroatoms. The number of halogens is 2. The van der Waals surface area contributed by atoms with E-state index >= 15 is 0 Å². The molecule has 2 nitrogen and oxygen atoms in total. The summed E-state index contributed by atoms with van der Waals surface area (Å²) in [5.41, 5.74) is 6.69. The predicted molar refractivity (Wildman–Crippen MR) is 67.3 cm³/mol. The summed E-state index contributed by atoms with van der Waals surface area (Å²) in [6.45, 7) is 1.86. The van der Waals surface area contributed by atoms with Crippen molar-refractivity contribution >= 4 is 11.8 Å². The van der Waals surface area contributed by atoms with Gasteiger partial charge in [0, 0.05) is 23.2 Å². The molecule has 1 aromatic carbocycles. The first-order valence-electron chi connectivity index (χ1n) is 5.40. The van der Waals surface area contributed by atoms with E-state index in [4.69, 9.17) is 5.73 Å². The summed E-state index contributed by atoms with van der Waals surface area (Å²) in [5, 5.41) is 0.635. The van der Waals surface area contributed by atoms with Crippen LogP contribution < -0.4 is 5.73 Å². The fourth-order valence-electron chi connectivity index (χ4n) is 1.43. The van der Waals surface area contributed by atoms with Crippen LogP contribution in [0.3, 0.4) is 0 Å². The Morgan fingerprint density at radius 2 is 2.00 bits per heavy atom. The van der Waals surface area contributed by atoms with Crippen LogP contribution in [0.4, 0.5) is 8.78 Å². The monoisotopic (exact) mass is 266 g/mol. The van der Waals surface area contributed by atoms with E-state index < -0.39 is 11.6 Å². The van der Waals surface area contributed by atoms with Crippen molar-refractivity contribution in [2.45, 2.75) is 22.9 Å². The van der Waals surface area contributed by atoms with Crippen LogP contribution in [-0.4, -0.2) is 4.98 Å². The summed E-state index contributed by atoms with van der Waals surface area (Å²) in [7, 11) is 0. The molecule has 0 spiro atoms. The minimum atomic E-state index is -0.590. The van der Waals surface area contributed by atoms with Crippen molar-refractivity contribution in [1.82, 2.24) is 4.98 Å². The summed E-state index contributed by atoms with van der Waals surface area (Å²) in [5.74, 6) is -1.18. The van der Waals surface area contributed by atoms with Gasteiger partial charge in [-0.25, -0.2) is 13.8 Å². The number of hydrogen-bond acceptors (Lipinski definition) is 3. The molecule has 0 fully saturated rings. The molecule has 0 saturated heterocycles. The zero-order valence-corrected chi connectivity index (χ0v) is 10.5. The van der Waals surface area contributed by atoms with Gasteiger partial charge in [0.15, 0.2) is 0 Å². The second-order valence-electron chi connectivity index (χ2n) is 3.89. The standard InChI is InChI=1S/C13H12F2N2S/c1-8(16)9-4-5-17-13(6-9)18-12-3-2-10(14)7-11(12)15/h2-8H,16H2,1H3/t8-/m0/s1. The highest BCUT2D eigenvalue weighted by atomic mass is 32.2. The smallest absolute Gasteiger partial charge is 0.140 e. The molecule has 2 rings (SSSR count). The largest absolute Gasteiger partial charge is 0.324 e. The van der Waals surface area contributed by atoms with Crippen LogP contribution in [0.2, 0.25) is 0 Å². The third-order valence-corrected chi connectivity index (χ3v) is 3.38. The topological polar surface area (TPSA) is 38.9 Å². The lowest BCUT2D eigenvalue weighted by molar-refractivity contribution is 0.565. The molecule has 0 unspecified atom stereocenters. The lowest BCUT2D eigenvalue weighted by Crippen LogP contribution is -2.04. The quantitative estimate of drug-likeness (QED) is 0.923. The van der Waals surface area contributed by atoms with Crippen LogP contribution in [0.15, 0.2) is 46.5 Å². The Hall–Kier alpha value is -1.46. The van der Waals surface area contributed by atoms with Gasteiger partial charge in [-0.1, -0.05) is 11.8 Å². The third-order valence-electron chi connectivity index (χ3n) is 2.39. The predicted octanol–water partition coefficient (Wildman–Crippen LogP) is 3.53. The van der Waals surface area contributed by atoms with Crippen molar-refractivity contribution in [3.8, 4) is 0 Å². The number of benzene rings is 1. The Morgan fingerprint density at radius 1 is 1.22 bits per heavy atom. The van der Waals surface area contributed by atoms with Crippen LogP contribution in [-0.2, 0) is 0 Å². The van der Waals surface area contributed by atoms with E-state index in [0.29, 0.717) is 9.92 Å². The van der Waals surface area contributed by atoms with E-state index in [2.05, 4.69) is 4.98 Å². The fourth-order valence-corrected chi connectivity index (χ4v) is 2.26. The maximum absolute atomic E-state index is 13.5. The summed E-state index contributed by atoms with van der Waals surface area (Å²) in [6, 6.07) is 6.99. The average molecular weight is 266 g/mol. The number of aromatic nitrogens is 1. The van der Waals surface area contributed by atoms with E-state index in [1.165, 1.54) is 12.1 Å². The molecule has 0 saturated carbocycles. The normalized spacial score (nSPS) is 12.4. The minimum absolute atomic E-state index is 0.106. The van der Waals surface area contributed by atoms with E-state index in [9.17, 15) is 8.78 Å². The van der Waals surface area contributed by atoms with Crippen molar-refractivity contribution in [1.29, 1.82) is 0 Å². The van der Waals surface area contributed by atoms with Crippen molar-refractivity contribution < 1.29 is 8.78 Å². The molecule has 1 aromatic heterocycles. The SMILES string of the molecule is C[C@H](N)c1ccnc(Sc2ccc(F)cc2F)c1. The maximum Gasteiger partial charge on any atom is 0.140 e. The lowest BCUT2D eigenvalue weighted by atomic mass is 10.1. The Morgan fingerprint density at radius 3 is 2.67 bits per heavy atom. The highest BCUT2D eigenvalue weighted by Gasteiger charge is 2.08. The molecule has 2 N–H and O–H groups in total. The van der Waals surface area contributed by atoms with Gasteiger partial charge in [0.2, 0.25) is 0 Å². The summed E-state index contributed by atoms with van der Waals surface area (Å²) >= 11 is 1.15. The zero-order chi connectivity index (χ0) is 13.1. The van der Waals surface area contributed by atoms with Crippen LogP contribution in [0.5, 0.6) is 0 Å². The molecule has 1 atom stereocenters. The van der Waals surface area contributed by atoms with E-state index in [-0.39, 0.29) is 6.04 Å². The maximum atomic E-state index is 13.5. The molecule has 2 aromatic rings. The molecular formula is C13H12F2N2S. The van der Waals surface area contributed by atoms with Crippen molar-refractivity contribution in [2.24, 2.45) is 5.73 Å². The van der Waals surface area contributed by atoms with Gasteiger partial charge in [-0.15, -0.1) is 0 Å². The lowest BCUT2D eigenvalue weighted by Gasteiger charge is -2.07. The van der Waals surface area contributed by atoms with Gasteiger partial charge in [-0.05, 0) is 36.8 Å². The Kier molecular flexibility index (Phi) is 3.93. The van der Waals surface area contributed by atoms with Crippen LogP contribution in [0.1, 0.15) is 18.5 Å². The molecule has 94 valence electrons. The van der Waals surface area contributed by atoms with E-state index in [1.54, 1.807) is 12.3 Å². The Balaban J connectivity index is 2.25. The Bertz CT molecular complexity index is 558.